The summed E-state index contributed by atoms with van der Waals surface area (Å²) in [6.07, 6.45) is 1.14. The number of nitrogens with zero attached hydrogens (tertiary/aromatic N) is 1. The van der Waals surface area contributed by atoms with Gasteiger partial charge in [-0.25, -0.2) is 0 Å². The first kappa shape index (κ1) is 13.8. The van der Waals surface area contributed by atoms with Crippen molar-refractivity contribution in [2.45, 2.75) is 39.2 Å². The lowest BCUT2D eigenvalue weighted by molar-refractivity contribution is 0.219. The van der Waals surface area contributed by atoms with Crippen molar-refractivity contribution in [3.63, 3.8) is 0 Å². The van der Waals surface area contributed by atoms with Crippen LogP contribution in [0.15, 0.2) is 42.6 Å². The Morgan fingerprint density at radius 1 is 1.05 bits per heavy atom. The van der Waals surface area contributed by atoms with E-state index in [-0.39, 0.29) is 5.41 Å². The SMILES string of the molecule is Cc1ncccc1C(O)c1ccc(C(C)(C)C)cc1. The highest BCUT2D eigenvalue weighted by Crippen LogP contribution is 2.27. The quantitative estimate of drug-likeness (QED) is 0.886. The predicted molar refractivity (Wildman–Crippen MR) is 78.2 cm³/mol. The molecule has 100 valence electrons. The Labute approximate surface area is 115 Å². The molecule has 2 rings (SSSR count). The average Bonchev–Trinajstić information content (AvgIpc) is 2.38. The van der Waals surface area contributed by atoms with Crippen LogP contribution in [0.1, 0.15) is 49.3 Å². The molecule has 0 saturated heterocycles. The van der Waals surface area contributed by atoms with Crippen LogP contribution in [-0.4, -0.2) is 10.1 Å². The molecule has 0 radical (unpaired) electrons. The van der Waals surface area contributed by atoms with Crippen LogP contribution in [0.4, 0.5) is 0 Å². The molecule has 2 heteroatoms. The smallest absolute Gasteiger partial charge is 0.106 e. The van der Waals surface area contributed by atoms with Gasteiger partial charge in [0, 0.05) is 17.5 Å². The summed E-state index contributed by atoms with van der Waals surface area (Å²) >= 11 is 0. The molecule has 2 nitrogen and oxygen atoms in total. The largest absolute Gasteiger partial charge is 0.384 e. The zero-order valence-corrected chi connectivity index (χ0v) is 12.0. The third kappa shape index (κ3) is 3.02. The first-order chi connectivity index (χ1) is 8.89. The molecule has 0 amide bonds. The van der Waals surface area contributed by atoms with E-state index in [2.05, 4.69) is 37.9 Å². The number of aliphatic hydroxyl groups is 1. The molecule has 1 atom stereocenters. The highest BCUT2D eigenvalue weighted by atomic mass is 16.3. The van der Waals surface area contributed by atoms with Gasteiger partial charge in [-0.1, -0.05) is 51.1 Å². The lowest BCUT2D eigenvalue weighted by atomic mass is 9.86. The van der Waals surface area contributed by atoms with E-state index in [0.29, 0.717) is 0 Å². The van der Waals surface area contributed by atoms with Crippen LogP contribution in [0.5, 0.6) is 0 Å². The highest BCUT2D eigenvalue weighted by molar-refractivity contribution is 5.35. The van der Waals surface area contributed by atoms with Crippen LogP contribution in [0.3, 0.4) is 0 Å². The molecular formula is C17H21NO. The van der Waals surface area contributed by atoms with Gasteiger partial charge in [-0.3, -0.25) is 4.98 Å². The molecule has 2 aromatic rings. The van der Waals surface area contributed by atoms with Crippen molar-refractivity contribution < 1.29 is 5.11 Å². The summed E-state index contributed by atoms with van der Waals surface area (Å²) in [6.45, 7) is 8.47. The molecule has 1 N–H and O–H groups in total. The van der Waals surface area contributed by atoms with E-state index in [4.69, 9.17) is 0 Å². The van der Waals surface area contributed by atoms with E-state index >= 15 is 0 Å². The van der Waals surface area contributed by atoms with Crippen LogP contribution in [0.2, 0.25) is 0 Å². The molecule has 0 aliphatic rings. The topological polar surface area (TPSA) is 33.1 Å². The lowest BCUT2D eigenvalue weighted by Gasteiger charge is -2.20. The summed E-state index contributed by atoms with van der Waals surface area (Å²) in [7, 11) is 0. The molecule has 0 aliphatic carbocycles. The number of hydrogen-bond donors (Lipinski definition) is 1. The summed E-state index contributed by atoms with van der Waals surface area (Å²) in [5, 5.41) is 10.4. The fraction of sp³-hybridized carbons (Fsp3) is 0.353. The van der Waals surface area contributed by atoms with E-state index in [9.17, 15) is 5.11 Å². The van der Waals surface area contributed by atoms with Crippen molar-refractivity contribution in [3.05, 3.63) is 65.0 Å². The Hall–Kier alpha value is -1.67. The Kier molecular flexibility index (Phi) is 3.72. The number of hydrogen-bond acceptors (Lipinski definition) is 2. The second kappa shape index (κ2) is 5.14. The first-order valence-electron chi connectivity index (χ1n) is 6.59. The normalized spacial score (nSPS) is 13.3. The number of aromatic nitrogens is 1. The van der Waals surface area contributed by atoms with Gasteiger partial charge in [0.15, 0.2) is 0 Å². The van der Waals surface area contributed by atoms with Crippen molar-refractivity contribution in [2.24, 2.45) is 0 Å². The maximum absolute atomic E-state index is 10.4. The molecule has 1 heterocycles. The minimum absolute atomic E-state index is 0.133. The van der Waals surface area contributed by atoms with E-state index < -0.39 is 6.10 Å². The van der Waals surface area contributed by atoms with Crippen molar-refractivity contribution >= 4 is 0 Å². The second-order valence-electron chi connectivity index (χ2n) is 5.95. The van der Waals surface area contributed by atoms with E-state index in [1.54, 1.807) is 6.20 Å². The van der Waals surface area contributed by atoms with E-state index in [1.165, 1.54) is 5.56 Å². The summed E-state index contributed by atoms with van der Waals surface area (Å²) in [4.78, 5) is 4.22. The van der Waals surface area contributed by atoms with Crippen molar-refractivity contribution in [2.75, 3.05) is 0 Å². The number of aliphatic hydroxyl groups excluding tert-OH is 1. The lowest BCUT2D eigenvalue weighted by Crippen LogP contribution is -2.11. The van der Waals surface area contributed by atoms with Crippen LogP contribution in [-0.2, 0) is 5.41 Å². The highest BCUT2D eigenvalue weighted by Gasteiger charge is 2.16. The molecule has 0 spiro atoms. The van der Waals surface area contributed by atoms with Gasteiger partial charge in [-0.05, 0) is 29.5 Å². The third-order valence-electron chi connectivity index (χ3n) is 3.43. The Bertz CT molecular complexity index is 552. The van der Waals surface area contributed by atoms with Crippen LogP contribution in [0, 0.1) is 6.92 Å². The number of rotatable bonds is 2. The van der Waals surface area contributed by atoms with Gasteiger partial charge in [-0.2, -0.15) is 0 Å². The fourth-order valence-electron chi connectivity index (χ4n) is 2.13. The van der Waals surface area contributed by atoms with Gasteiger partial charge in [0.1, 0.15) is 6.10 Å². The molecule has 1 unspecified atom stereocenters. The Balaban J connectivity index is 2.31. The van der Waals surface area contributed by atoms with Crippen molar-refractivity contribution in [1.82, 2.24) is 4.98 Å². The summed E-state index contributed by atoms with van der Waals surface area (Å²) in [5.41, 5.74) is 4.05. The van der Waals surface area contributed by atoms with Gasteiger partial charge in [0.2, 0.25) is 0 Å². The van der Waals surface area contributed by atoms with Gasteiger partial charge in [0.05, 0.1) is 0 Å². The first-order valence-corrected chi connectivity index (χ1v) is 6.59. The number of pyridine rings is 1. The van der Waals surface area contributed by atoms with Crippen LogP contribution in [0.25, 0.3) is 0 Å². The average molecular weight is 255 g/mol. The fourth-order valence-corrected chi connectivity index (χ4v) is 2.13. The number of benzene rings is 1. The van der Waals surface area contributed by atoms with Crippen molar-refractivity contribution in [3.8, 4) is 0 Å². The molecule has 1 aromatic carbocycles. The van der Waals surface area contributed by atoms with Gasteiger partial charge >= 0.3 is 0 Å². The molecule has 0 fully saturated rings. The molecule has 0 saturated carbocycles. The number of aryl methyl sites for hydroxylation is 1. The maximum atomic E-state index is 10.4. The summed E-state index contributed by atoms with van der Waals surface area (Å²) < 4.78 is 0. The monoisotopic (exact) mass is 255 g/mol. The molecule has 0 bridgehead atoms. The molecule has 0 aliphatic heterocycles. The van der Waals surface area contributed by atoms with Gasteiger partial charge in [0.25, 0.3) is 0 Å². The van der Waals surface area contributed by atoms with E-state index in [1.807, 2.05) is 31.2 Å². The minimum Gasteiger partial charge on any atom is -0.384 e. The standard InChI is InChI=1S/C17H21NO/c1-12-15(6-5-11-18-12)16(19)13-7-9-14(10-8-13)17(2,3)4/h5-11,16,19H,1-4H3. The Morgan fingerprint density at radius 2 is 1.68 bits per heavy atom. The summed E-state index contributed by atoms with van der Waals surface area (Å²) in [5.74, 6) is 0. The van der Waals surface area contributed by atoms with Gasteiger partial charge in [-0.15, -0.1) is 0 Å². The van der Waals surface area contributed by atoms with Gasteiger partial charge < -0.3 is 5.11 Å². The summed E-state index contributed by atoms with van der Waals surface area (Å²) in [6, 6.07) is 11.9. The second-order valence-corrected chi connectivity index (χ2v) is 5.95. The van der Waals surface area contributed by atoms with Crippen molar-refractivity contribution in [1.29, 1.82) is 0 Å². The van der Waals surface area contributed by atoms with Crippen LogP contribution >= 0.6 is 0 Å². The predicted octanol–water partition coefficient (Wildman–Crippen LogP) is 3.77. The Morgan fingerprint density at radius 3 is 2.21 bits per heavy atom. The third-order valence-corrected chi connectivity index (χ3v) is 3.43. The molecular weight excluding hydrogens is 234 g/mol. The zero-order valence-electron chi connectivity index (χ0n) is 12.0. The van der Waals surface area contributed by atoms with Crippen LogP contribution < -0.4 is 0 Å². The molecule has 1 aromatic heterocycles. The van der Waals surface area contributed by atoms with E-state index in [0.717, 1.165) is 16.8 Å². The maximum Gasteiger partial charge on any atom is 0.106 e. The zero-order chi connectivity index (χ0) is 14.0. The minimum atomic E-state index is -0.609. The molecule has 19 heavy (non-hydrogen) atoms.